The lowest BCUT2D eigenvalue weighted by Gasteiger charge is -2.33. The van der Waals surface area contributed by atoms with Crippen LogP contribution in [-0.4, -0.2) is 0 Å². The molecule has 1 saturated carbocycles. The molecule has 0 aromatic carbocycles. The fourth-order valence-electron chi connectivity index (χ4n) is 3.36. The molecule has 3 unspecified atom stereocenters. The van der Waals surface area contributed by atoms with Crippen molar-refractivity contribution in [1.29, 1.82) is 0 Å². The SMILES string of the molecule is CC(C)C1CCC(C(C)(C)C)C1C. The van der Waals surface area contributed by atoms with E-state index in [0.717, 1.165) is 23.7 Å². The van der Waals surface area contributed by atoms with E-state index in [0.29, 0.717) is 5.41 Å². The molecule has 0 aliphatic heterocycles. The molecule has 0 N–H and O–H groups in total. The van der Waals surface area contributed by atoms with Crippen LogP contribution in [0.2, 0.25) is 0 Å². The maximum atomic E-state index is 2.47. The molecule has 1 rings (SSSR count). The van der Waals surface area contributed by atoms with E-state index in [4.69, 9.17) is 0 Å². The second kappa shape index (κ2) is 3.63. The second-order valence-corrected chi connectivity index (χ2v) is 6.32. The molecular formula is C13H26. The van der Waals surface area contributed by atoms with Crippen molar-refractivity contribution in [3.05, 3.63) is 0 Å². The normalized spacial score (nSPS) is 35.8. The summed E-state index contributed by atoms with van der Waals surface area (Å²) in [7, 11) is 0. The number of rotatable bonds is 1. The Morgan fingerprint density at radius 1 is 1.08 bits per heavy atom. The first kappa shape index (κ1) is 11.1. The van der Waals surface area contributed by atoms with Crippen LogP contribution in [0.15, 0.2) is 0 Å². The van der Waals surface area contributed by atoms with Crippen LogP contribution >= 0.6 is 0 Å². The van der Waals surface area contributed by atoms with Crippen LogP contribution < -0.4 is 0 Å². The molecule has 0 amide bonds. The Kier molecular flexibility index (Phi) is 3.09. The minimum absolute atomic E-state index is 0.517. The maximum Gasteiger partial charge on any atom is -0.0337 e. The van der Waals surface area contributed by atoms with Gasteiger partial charge in [0.15, 0.2) is 0 Å². The van der Waals surface area contributed by atoms with Gasteiger partial charge in [-0.25, -0.2) is 0 Å². The van der Waals surface area contributed by atoms with Crippen molar-refractivity contribution >= 4 is 0 Å². The molecular weight excluding hydrogens is 156 g/mol. The van der Waals surface area contributed by atoms with Crippen LogP contribution in [0.3, 0.4) is 0 Å². The van der Waals surface area contributed by atoms with Crippen LogP contribution in [0, 0.1) is 29.1 Å². The Labute approximate surface area is 84.1 Å². The summed E-state index contributed by atoms with van der Waals surface area (Å²) in [5.41, 5.74) is 0.517. The summed E-state index contributed by atoms with van der Waals surface area (Å²) in [6.07, 6.45) is 2.91. The predicted octanol–water partition coefficient (Wildman–Crippen LogP) is 4.35. The third-order valence-corrected chi connectivity index (χ3v) is 4.09. The van der Waals surface area contributed by atoms with E-state index in [-0.39, 0.29) is 0 Å². The Morgan fingerprint density at radius 2 is 1.62 bits per heavy atom. The molecule has 3 atom stereocenters. The molecule has 0 heterocycles. The number of hydrogen-bond donors (Lipinski definition) is 0. The highest BCUT2D eigenvalue weighted by molar-refractivity contribution is 4.89. The Bertz CT molecular complexity index is 161. The Hall–Kier alpha value is 0. The summed E-state index contributed by atoms with van der Waals surface area (Å²) >= 11 is 0. The van der Waals surface area contributed by atoms with Crippen molar-refractivity contribution in [2.45, 2.75) is 54.4 Å². The average Bonchev–Trinajstić information content (AvgIpc) is 2.28. The average molecular weight is 182 g/mol. The van der Waals surface area contributed by atoms with Gasteiger partial charge in [0.2, 0.25) is 0 Å². The third kappa shape index (κ3) is 2.27. The van der Waals surface area contributed by atoms with Crippen molar-refractivity contribution in [3.8, 4) is 0 Å². The quantitative estimate of drug-likeness (QED) is 0.565. The molecule has 0 heteroatoms. The first-order valence-corrected chi connectivity index (χ1v) is 5.84. The molecule has 0 aromatic heterocycles. The zero-order valence-electron chi connectivity index (χ0n) is 10.2. The molecule has 78 valence electrons. The lowest BCUT2D eigenvalue weighted by atomic mass is 9.72. The highest BCUT2D eigenvalue weighted by Crippen LogP contribution is 2.48. The monoisotopic (exact) mass is 182 g/mol. The van der Waals surface area contributed by atoms with Gasteiger partial charge in [-0.3, -0.25) is 0 Å². The van der Waals surface area contributed by atoms with Gasteiger partial charge in [0.05, 0.1) is 0 Å². The van der Waals surface area contributed by atoms with Crippen LogP contribution in [-0.2, 0) is 0 Å². The summed E-state index contributed by atoms with van der Waals surface area (Å²) in [4.78, 5) is 0. The molecule has 0 radical (unpaired) electrons. The molecule has 0 saturated heterocycles. The summed E-state index contributed by atoms with van der Waals surface area (Å²) in [6.45, 7) is 14.4. The highest BCUT2D eigenvalue weighted by atomic mass is 14.4. The zero-order valence-corrected chi connectivity index (χ0v) is 10.2. The predicted molar refractivity (Wildman–Crippen MR) is 59.7 cm³/mol. The first-order valence-electron chi connectivity index (χ1n) is 5.84. The van der Waals surface area contributed by atoms with Gasteiger partial charge in [0, 0.05) is 0 Å². The zero-order chi connectivity index (χ0) is 10.2. The summed E-state index contributed by atoms with van der Waals surface area (Å²) in [5.74, 6) is 3.73. The molecule has 1 aliphatic rings. The first-order chi connectivity index (χ1) is 5.84. The molecule has 13 heavy (non-hydrogen) atoms. The van der Waals surface area contributed by atoms with Crippen LogP contribution in [0.5, 0.6) is 0 Å². The summed E-state index contributed by atoms with van der Waals surface area (Å²) in [5, 5.41) is 0. The van der Waals surface area contributed by atoms with Crippen LogP contribution in [0.1, 0.15) is 54.4 Å². The molecule has 0 bridgehead atoms. The van der Waals surface area contributed by atoms with Gasteiger partial charge >= 0.3 is 0 Å². The van der Waals surface area contributed by atoms with Gasteiger partial charge in [-0.15, -0.1) is 0 Å². The Balaban J connectivity index is 2.65. The largest absolute Gasteiger partial charge is 0.0625 e. The topological polar surface area (TPSA) is 0 Å². The maximum absolute atomic E-state index is 2.47. The molecule has 1 aliphatic carbocycles. The van der Waals surface area contributed by atoms with Crippen LogP contribution in [0.4, 0.5) is 0 Å². The Morgan fingerprint density at radius 3 is 1.85 bits per heavy atom. The molecule has 1 fully saturated rings. The molecule has 0 aromatic rings. The van der Waals surface area contributed by atoms with Gasteiger partial charge in [-0.05, 0) is 41.9 Å². The standard InChI is InChI=1S/C13H26/c1-9(2)11-7-8-12(10(11)3)13(4,5)6/h9-12H,7-8H2,1-6H3. The second-order valence-electron chi connectivity index (χ2n) is 6.32. The van der Waals surface area contributed by atoms with Gasteiger partial charge in [-0.1, -0.05) is 41.5 Å². The minimum atomic E-state index is 0.517. The van der Waals surface area contributed by atoms with E-state index in [2.05, 4.69) is 41.5 Å². The fourth-order valence-corrected chi connectivity index (χ4v) is 3.36. The lowest BCUT2D eigenvalue weighted by Crippen LogP contribution is -2.26. The van der Waals surface area contributed by atoms with E-state index in [1.807, 2.05) is 0 Å². The molecule has 0 nitrogen and oxygen atoms in total. The van der Waals surface area contributed by atoms with Gasteiger partial charge < -0.3 is 0 Å². The summed E-state index contributed by atoms with van der Waals surface area (Å²) in [6, 6.07) is 0. The van der Waals surface area contributed by atoms with Gasteiger partial charge in [0.1, 0.15) is 0 Å². The number of hydrogen-bond acceptors (Lipinski definition) is 0. The van der Waals surface area contributed by atoms with E-state index in [9.17, 15) is 0 Å². The van der Waals surface area contributed by atoms with Crippen molar-refractivity contribution in [2.75, 3.05) is 0 Å². The van der Waals surface area contributed by atoms with Gasteiger partial charge in [0.25, 0.3) is 0 Å². The highest BCUT2D eigenvalue weighted by Gasteiger charge is 2.39. The van der Waals surface area contributed by atoms with E-state index in [1.54, 1.807) is 0 Å². The lowest BCUT2D eigenvalue weighted by molar-refractivity contribution is 0.162. The van der Waals surface area contributed by atoms with Crippen LogP contribution in [0.25, 0.3) is 0 Å². The van der Waals surface area contributed by atoms with E-state index in [1.165, 1.54) is 12.8 Å². The fraction of sp³-hybridized carbons (Fsp3) is 1.00. The van der Waals surface area contributed by atoms with Crippen molar-refractivity contribution in [2.24, 2.45) is 29.1 Å². The van der Waals surface area contributed by atoms with Gasteiger partial charge in [-0.2, -0.15) is 0 Å². The van der Waals surface area contributed by atoms with Crippen molar-refractivity contribution in [3.63, 3.8) is 0 Å². The van der Waals surface area contributed by atoms with Crippen molar-refractivity contribution in [1.82, 2.24) is 0 Å². The van der Waals surface area contributed by atoms with E-state index >= 15 is 0 Å². The minimum Gasteiger partial charge on any atom is -0.0625 e. The van der Waals surface area contributed by atoms with E-state index < -0.39 is 0 Å². The smallest absolute Gasteiger partial charge is 0.0337 e. The molecule has 0 spiro atoms. The summed E-state index contributed by atoms with van der Waals surface area (Å²) < 4.78 is 0. The van der Waals surface area contributed by atoms with Crippen molar-refractivity contribution < 1.29 is 0 Å². The third-order valence-electron chi connectivity index (χ3n) is 4.09.